The Morgan fingerprint density at radius 1 is 1.47 bits per heavy atom. The molecule has 0 aliphatic rings. The van der Waals surface area contributed by atoms with Crippen molar-refractivity contribution in [1.82, 2.24) is 10.1 Å². The van der Waals surface area contributed by atoms with Crippen LogP contribution >= 0.6 is 0 Å². The fourth-order valence-electron chi connectivity index (χ4n) is 1.47. The molecule has 0 bridgehead atoms. The molecule has 1 heterocycles. The molecule has 0 aliphatic carbocycles. The average Bonchev–Trinajstić information content (AvgIpc) is 2.76. The minimum atomic E-state index is -0.266. The van der Waals surface area contributed by atoms with E-state index in [1.54, 1.807) is 6.07 Å². The zero-order chi connectivity index (χ0) is 12.3. The summed E-state index contributed by atoms with van der Waals surface area (Å²) in [4.78, 5) is 4.23. The Balaban J connectivity index is 2.11. The molecule has 1 aromatic heterocycles. The lowest BCUT2D eigenvalue weighted by atomic mass is 10.1. The maximum absolute atomic E-state index is 13.0. The van der Waals surface area contributed by atoms with E-state index in [1.807, 2.05) is 13.0 Å². The van der Waals surface area contributed by atoms with Crippen LogP contribution in [0.4, 0.5) is 4.39 Å². The molecule has 2 N–H and O–H groups in total. The van der Waals surface area contributed by atoms with Gasteiger partial charge < -0.3 is 10.3 Å². The number of halogens is 1. The third-order valence-electron chi connectivity index (χ3n) is 2.52. The predicted molar refractivity (Wildman–Crippen MR) is 61.0 cm³/mol. The largest absolute Gasteiger partial charge is 0.339 e. The van der Waals surface area contributed by atoms with Crippen molar-refractivity contribution in [2.45, 2.75) is 19.3 Å². The van der Waals surface area contributed by atoms with Crippen molar-refractivity contribution in [1.29, 1.82) is 0 Å². The summed E-state index contributed by atoms with van der Waals surface area (Å²) in [6.07, 6.45) is 0.433. The van der Waals surface area contributed by atoms with Gasteiger partial charge in [-0.3, -0.25) is 0 Å². The molecule has 0 radical (unpaired) electrons. The standard InChI is InChI=1S/C12H14FN3O/c1-8(7-14)12-15-11(17-16-12)6-9-3-2-4-10(13)5-9/h2-5,8H,6-7,14H2,1H3. The van der Waals surface area contributed by atoms with Crippen molar-refractivity contribution in [3.05, 3.63) is 47.4 Å². The third kappa shape index (κ3) is 2.88. The normalized spacial score (nSPS) is 12.6. The Labute approximate surface area is 98.6 Å². The van der Waals surface area contributed by atoms with Crippen LogP contribution < -0.4 is 5.73 Å². The first-order chi connectivity index (χ1) is 8.19. The van der Waals surface area contributed by atoms with E-state index in [9.17, 15) is 4.39 Å². The second-order valence-corrected chi connectivity index (χ2v) is 3.99. The third-order valence-corrected chi connectivity index (χ3v) is 2.52. The number of benzene rings is 1. The van der Waals surface area contributed by atoms with Crippen LogP contribution in [0.2, 0.25) is 0 Å². The molecular weight excluding hydrogens is 221 g/mol. The van der Waals surface area contributed by atoms with E-state index in [-0.39, 0.29) is 11.7 Å². The van der Waals surface area contributed by atoms with E-state index in [1.165, 1.54) is 12.1 Å². The Morgan fingerprint density at radius 2 is 2.29 bits per heavy atom. The molecule has 0 spiro atoms. The summed E-state index contributed by atoms with van der Waals surface area (Å²) in [7, 11) is 0. The summed E-state index contributed by atoms with van der Waals surface area (Å²) in [5, 5.41) is 3.85. The molecule has 90 valence electrons. The second-order valence-electron chi connectivity index (χ2n) is 3.99. The topological polar surface area (TPSA) is 64.9 Å². The van der Waals surface area contributed by atoms with Crippen molar-refractivity contribution in [3.63, 3.8) is 0 Å². The summed E-state index contributed by atoms with van der Waals surface area (Å²) in [6.45, 7) is 2.40. The van der Waals surface area contributed by atoms with E-state index in [2.05, 4.69) is 10.1 Å². The van der Waals surface area contributed by atoms with Gasteiger partial charge in [0.25, 0.3) is 0 Å². The number of aromatic nitrogens is 2. The predicted octanol–water partition coefficient (Wildman–Crippen LogP) is 1.86. The van der Waals surface area contributed by atoms with Crippen LogP contribution in [0, 0.1) is 5.82 Å². The fourth-order valence-corrected chi connectivity index (χ4v) is 1.47. The molecule has 0 saturated carbocycles. The van der Waals surface area contributed by atoms with Crippen LogP contribution in [0.3, 0.4) is 0 Å². The van der Waals surface area contributed by atoms with E-state index < -0.39 is 0 Å². The molecule has 1 unspecified atom stereocenters. The lowest BCUT2D eigenvalue weighted by Gasteiger charge is -1.99. The van der Waals surface area contributed by atoms with Gasteiger partial charge in [0, 0.05) is 12.5 Å². The van der Waals surface area contributed by atoms with Gasteiger partial charge in [-0.25, -0.2) is 4.39 Å². The van der Waals surface area contributed by atoms with Crippen LogP contribution in [0.25, 0.3) is 0 Å². The molecule has 5 heteroatoms. The molecule has 17 heavy (non-hydrogen) atoms. The minimum absolute atomic E-state index is 0.0695. The summed E-state index contributed by atoms with van der Waals surface area (Å²) in [6, 6.07) is 6.33. The lowest BCUT2D eigenvalue weighted by molar-refractivity contribution is 0.376. The summed E-state index contributed by atoms with van der Waals surface area (Å²) < 4.78 is 18.1. The van der Waals surface area contributed by atoms with Crippen molar-refractivity contribution in [3.8, 4) is 0 Å². The van der Waals surface area contributed by atoms with Gasteiger partial charge in [-0.2, -0.15) is 4.98 Å². The zero-order valence-corrected chi connectivity index (χ0v) is 9.56. The molecule has 1 atom stereocenters. The van der Waals surface area contributed by atoms with Gasteiger partial charge in [-0.05, 0) is 17.7 Å². The van der Waals surface area contributed by atoms with Gasteiger partial charge >= 0.3 is 0 Å². The monoisotopic (exact) mass is 235 g/mol. The van der Waals surface area contributed by atoms with Gasteiger partial charge in [0.15, 0.2) is 5.82 Å². The van der Waals surface area contributed by atoms with Crippen molar-refractivity contribution >= 4 is 0 Å². The van der Waals surface area contributed by atoms with Crippen molar-refractivity contribution in [2.24, 2.45) is 5.73 Å². The Hall–Kier alpha value is -1.75. The van der Waals surface area contributed by atoms with Crippen LogP contribution in [0.5, 0.6) is 0 Å². The molecule has 0 amide bonds. The molecule has 2 rings (SSSR count). The summed E-state index contributed by atoms with van der Waals surface area (Å²) in [5.41, 5.74) is 6.32. The quantitative estimate of drug-likeness (QED) is 0.878. The Morgan fingerprint density at radius 3 is 3.00 bits per heavy atom. The van der Waals surface area contributed by atoms with Crippen LogP contribution in [0.15, 0.2) is 28.8 Å². The number of hydrogen-bond donors (Lipinski definition) is 1. The number of nitrogens with zero attached hydrogens (tertiary/aromatic N) is 2. The van der Waals surface area contributed by atoms with Gasteiger partial charge in [0.1, 0.15) is 5.82 Å². The van der Waals surface area contributed by atoms with Gasteiger partial charge in [-0.1, -0.05) is 24.2 Å². The first kappa shape index (κ1) is 11.7. The maximum atomic E-state index is 13.0. The van der Waals surface area contributed by atoms with E-state index >= 15 is 0 Å². The van der Waals surface area contributed by atoms with Gasteiger partial charge in [-0.15, -0.1) is 0 Å². The molecule has 0 aliphatic heterocycles. The highest BCUT2D eigenvalue weighted by Crippen LogP contribution is 2.13. The molecule has 2 aromatic rings. The highest BCUT2D eigenvalue weighted by molar-refractivity contribution is 5.19. The van der Waals surface area contributed by atoms with Gasteiger partial charge in [0.2, 0.25) is 5.89 Å². The van der Waals surface area contributed by atoms with Crippen molar-refractivity contribution in [2.75, 3.05) is 6.54 Å². The zero-order valence-electron chi connectivity index (χ0n) is 9.56. The molecule has 0 fully saturated rings. The molecular formula is C12H14FN3O. The van der Waals surface area contributed by atoms with E-state index in [4.69, 9.17) is 10.3 Å². The number of hydrogen-bond acceptors (Lipinski definition) is 4. The first-order valence-electron chi connectivity index (χ1n) is 5.46. The van der Waals surface area contributed by atoms with Gasteiger partial charge in [0.05, 0.1) is 6.42 Å². The second kappa shape index (κ2) is 5.05. The SMILES string of the molecule is CC(CN)c1noc(Cc2cccc(F)c2)n1. The highest BCUT2D eigenvalue weighted by atomic mass is 19.1. The number of nitrogens with two attached hydrogens (primary N) is 1. The molecule has 1 aromatic carbocycles. The average molecular weight is 235 g/mol. The maximum Gasteiger partial charge on any atom is 0.231 e. The summed E-state index contributed by atoms with van der Waals surface area (Å²) >= 11 is 0. The van der Waals surface area contributed by atoms with Crippen molar-refractivity contribution < 1.29 is 8.91 Å². The Kier molecular flexibility index (Phi) is 3.49. The minimum Gasteiger partial charge on any atom is -0.339 e. The van der Waals surface area contributed by atoms with E-state index in [0.717, 1.165) is 5.56 Å². The van der Waals surface area contributed by atoms with E-state index in [0.29, 0.717) is 24.7 Å². The smallest absolute Gasteiger partial charge is 0.231 e. The number of rotatable bonds is 4. The first-order valence-corrected chi connectivity index (χ1v) is 5.46. The van der Waals surface area contributed by atoms with Crippen LogP contribution in [-0.2, 0) is 6.42 Å². The van der Waals surface area contributed by atoms with Crippen LogP contribution in [0.1, 0.15) is 30.1 Å². The van der Waals surface area contributed by atoms with Crippen LogP contribution in [-0.4, -0.2) is 16.7 Å². The summed E-state index contributed by atoms with van der Waals surface area (Å²) in [5.74, 6) is 0.877. The fraction of sp³-hybridized carbons (Fsp3) is 0.333. The lowest BCUT2D eigenvalue weighted by Crippen LogP contribution is -2.10. The Bertz CT molecular complexity index is 498. The molecule has 0 saturated heterocycles. The molecule has 4 nitrogen and oxygen atoms in total. The highest BCUT2D eigenvalue weighted by Gasteiger charge is 2.12.